The third-order valence-electron chi connectivity index (χ3n) is 2.60. The smallest absolute Gasteiger partial charge is 0.407 e. The number of ether oxygens (including phenoxy) is 2. The molecule has 1 aromatic carbocycles. The number of amides is 1. The van der Waals surface area contributed by atoms with Gasteiger partial charge in [0.1, 0.15) is 12.2 Å². The average molecular weight is 316 g/mol. The summed E-state index contributed by atoms with van der Waals surface area (Å²) in [7, 11) is 0. The summed E-state index contributed by atoms with van der Waals surface area (Å²) in [5, 5.41) is 12.7. The van der Waals surface area contributed by atoms with Crippen LogP contribution in [0, 0.1) is 0 Å². The number of carbonyl (C=O) groups excluding carboxylic acids is 1. The van der Waals surface area contributed by atoms with E-state index in [-0.39, 0.29) is 29.2 Å². The third-order valence-corrected chi connectivity index (χ3v) is 2.91. The van der Waals surface area contributed by atoms with E-state index in [2.05, 4.69) is 5.32 Å². The molecule has 1 atom stereocenters. The SMILES string of the molecule is CCC(COc1cccc(Cl)c1O)NC(=O)OC(C)(C)C. The lowest BCUT2D eigenvalue weighted by molar-refractivity contribution is 0.0486. The summed E-state index contributed by atoms with van der Waals surface area (Å²) in [5.41, 5.74) is -0.547. The Balaban J connectivity index is 2.55. The van der Waals surface area contributed by atoms with Crippen LogP contribution in [0.4, 0.5) is 4.79 Å². The number of halogens is 1. The maximum atomic E-state index is 11.7. The minimum absolute atomic E-state index is 0.105. The van der Waals surface area contributed by atoms with Crippen molar-refractivity contribution in [3.63, 3.8) is 0 Å². The van der Waals surface area contributed by atoms with Crippen molar-refractivity contribution in [3.05, 3.63) is 23.2 Å². The Labute approximate surface area is 130 Å². The van der Waals surface area contributed by atoms with Crippen LogP contribution >= 0.6 is 11.6 Å². The number of para-hydroxylation sites is 1. The lowest BCUT2D eigenvalue weighted by Crippen LogP contribution is -2.41. The Morgan fingerprint density at radius 1 is 1.43 bits per heavy atom. The van der Waals surface area contributed by atoms with Crippen LogP contribution in [0.3, 0.4) is 0 Å². The molecular weight excluding hydrogens is 294 g/mol. The van der Waals surface area contributed by atoms with E-state index in [1.807, 2.05) is 6.92 Å². The van der Waals surface area contributed by atoms with Crippen LogP contribution in [0.5, 0.6) is 11.5 Å². The molecule has 0 heterocycles. The fraction of sp³-hybridized carbons (Fsp3) is 0.533. The highest BCUT2D eigenvalue weighted by atomic mass is 35.5. The molecule has 0 aliphatic rings. The number of rotatable bonds is 5. The zero-order chi connectivity index (χ0) is 16.0. The van der Waals surface area contributed by atoms with Crippen molar-refractivity contribution < 1.29 is 19.4 Å². The van der Waals surface area contributed by atoms with E-state index < -0.39 is 11.7 Å². The lowest BCUT2D eigenvalue weighted by atomic mass is 10.2. The minimum Gasteiger partial charge on any atom is -0.503 e. The summed E-state index contributed by atoms with van der Waals surface area (Å²) < 4.78 is 10.7. The van der Waals surface area contributed by atoms with Gasteiger partial charge in [0.2, 0.25) is 0 Å². The second-order valence-corrected chi connectivity index (χ2v) is 6.06. The van der Waals surface area contributed by atoms with E-state index >= 15 is 0 Å². The van der Waals surface area contributed by atoms with E-state index in [9.17, 15) is 9.90 Å². The molecule has 0 saturated carbocycles. The van der Waals surface area contributed by atoms with Gasteiger partial charge in [0, 0.05) is 0 Å². The molecule has 0 aliphatic heterocycles. The van der Waals surface area contributed by atoms with Crippen molar-refractivity contribution >= 4 is 17.7 Å². The molecule has 0 aliphatic carbocycles. The van der Waals surface area contributed by atoms with Gasteiger partial charge >= 0.3 is 6.09 Å². The van der Waals surface area contributed by atoms with E-state index in [4.69, 9.17) is 21.1 Å². The molecule has 118 valence electrons. The second kappa shape index (κ2) is 7.41. The quantitative estimate of drug-likeness (QED) is 0.868. The van der Waals surface area contributed by atoms with Gasteiger partial charge in [0.05, 0.1) is 11.1 Å². The molecule has 5 nitrogen and oxygen atoms in total. The monoisotopic (exact) mass is 315 g/mol. The number of benzene rings is 1. The standard InChI is InChI=1S/C15H22ClNO4/c1-5-10(17-14(19)21-15(2,3)4)9-20-12-8-6-7-11(16)13(12)18/h6-8,10,18H,5,9H2,1-4H3,(H,17,19). The highest BCUT2D eigenvalue weighted by Crippen LogP contribution is 2.33. The number of aromatic hydroxyl groups is 1. The third kappa shape index (κ3) is 6.12. The average Bonchev–Trinajstić information content (AvgIpc) is 2.36. The van der Waals surface area contributed by atoms with Crippen LogP contribution in [-0.2, 0) is 4.74 Å². The van der Waals surface area contributed by atoms with Crippen LogP contribution in [0.15, 0.2) is 18.2 Å². The van der Waals surface area contributed by atoms with Gasteiger partial charge in [-0.3, -0.25) is 0 Å². The first kappa shape index (κ1) is 17.4. The predicted molar refractivity (Wildman–Crippen MR) is 82.1 cm³/mol. The molecular formula is C15H22ClNO4. The summed E-state index contributed by atoms with van der Waals surface area (Å²) >= 11 is 5.80. The largest absolute Gasteiger partial charge is 0.503 e. The van der Waals surface area contributed by atoms with Gasteiger partial charge in [-0.2, -0.15) is 0 Å². The maximum absolute atomic E-state index is 11.7. The Kier molecular flexibility index (Phi) is 6.15. The number of phenols is 1. The van der Waals surface area contributed by atoms with Crippen LogP contribution in [-0.4, -0.2) is 29.4 Å². The topological polar surface area (TPSA) is 67.8 Å². The Bertz CT molecular complexity index is 485. The molecule has 0 aromatic heterocycles. The number of hydrogen-bond acceptors (Lipinski definition) is 4. The molecule has 21 heavy (non-hydrogen) atoms. The van der Waals surface area contributed by atoms with Crippen molar-refractivity contribution in [3.8, 4) is 11.5 Å². The minimum atomic E-state index is -0.547. The van der Waals surface area contributed by atoms with Crippen LogP contribution in [0.25, 0.3) is 0 Å². The fourth-order valence-corrected chi connectivity index (χ4v) is 1.70. The van der Waals surface area contributed by atoms with E-state index in [0.29, 0.717) is 6.42 Å². The molecule has 0 bridgehead atoms. The summed E-state index contributed by atoms with van der Waals surface area (Å²) in [6, 6.07) is 4.64. The van der Waals surface area contributed by atoms with E-state index in [0.717, 1.165) is 0 Å². The van der Waals surface area contributed by atoms with Gasteiger partial charge in [0.15, 0.2) is 11.5 Å². The number of hydrogen-bond donors (Lipinski definition) is 2. The summed E-state index contributed by atoms with van der Waals surface area (Å²) in [4.78, 5) is 11.7. The van der Waals surface area contributed by atoms with Crippen molar-refractivity contribution in [2.75, 3.05) is 6.61 Å². The Hall–Kier alpha value is -1.62. The van der Waals surface area contributed by atoms with Gasteiger partial charge in [-0.05, 0) is 39.3 Å². The predicted octanol–water partition coefficient (Wildman–Crippen LogP) is 3.73. The normalized spacial score (nSPS) is 12.6. The molecule has 0 saturated heterocycles. The van der Waals surface area contributed by atoms with Crippen molar-refractivity contribution in [1.82, 2.24) is 5.32 Å². The van der Waals surface area contributed by atoms with E-state index in [1.165, 1.54) is 0 Å². The number of nitrogens with one attached hydrogen (secondary N) is 1. The zero-order valence-corrected chi connectivity index (χ0v) is 13.5. The first-order valence-electron chi connectivity index (χ1n) is 6.82. The molecule has 1 aromatic rings. The number of carbonyl (C=O) groups is 1. The first-order chi connectivity index (χ1) is 9.73. The molecule has 0 spiro atoms. The van der Waals surface area contributed by atoms with Crippen LogP contribution in [0.2, 0.25) is 5.02 Å². The van der Waals surface area contributed by atoms with Gasteiger partial charge in [-0.1, -0.05) is 24.6 Å². The summed E-state index contributed by atoms with van der Waals surface area (Å²) in [6.07, 6.45) is 0.175. The Morgan fingerprint density at radius 2 is 2.10 bits per heavy atom. The van der Waals surface area contributed by atoms with Crippen molar-refractivity contribution in [2.24, 2.45) is 0 Å². The highest BCUT2D eigenvalue weighted by molar-refractivity contribution is 6.32. The van der Waals surface area contributed by atoms with E-state index in [1.54, 1.807) is 39.0 Å². The van der Waals surface area contributed by atoms with Crippen LogP contribution < -0.4 is 10.1 Å². The number of alkyl carbamates (subject to hydrolysis) is 1. The zero-order valence-electron chi connectivity index (χ0n) is 12.8. The van der Waals surface area contributed by atoms with Gasteiger partial charge in [-0.25, -0.2) is 4.79 Å². The lowest BCUT2D eigenvalue weighted by Gasteiger charge is -2.23. The molecule has 6 heteroatoms. The summed E-state index contributed by atoms with van der Waals surface area (Å²) in [6.45, 7) is 7.53. The highest BCUT2D eigenvalue weighted by Gasteiger charge is 2.19. The Morgan fingerprint density at radius 3 is 2.67 bits per heavy atom. The molecule has 0 radical (unpaired) electrons. The summed E-state index contributed by atoms with van der Waals surface area (Å²) in [5.74, 6) is 0.179. The van der Waals surface area contributed by atoms with Crippen LogP contribution in [0.1, 0.15) is 34.1 Å². The first-order valence-corrected chi connectivity index (χ1v) is 7.20. The van der Waals surface area contributed by atoms with Gasteiger partial charge in [0.25, 0.3) is 0 Å². The fourth-order valence-electron chi connectivity index (χ4n) is 1.54. The second-order valence-electron chi connectivity index (χ2n) is 5.65. The molecule has 2 N–H and O–H groups in total. The molecule has 0 fully saturated rings. The van der Waals surface area contributed by atoms with Gasteiger partial charge < -0.3 is 19.9 Å². The number of phenolic OH excluding ortho intramolecular Hbond substituents is 1. The maximum Gasteiger partial charge on any atom is 0.407 e. The molecule has 1 amide bonds. The molecule has 1 rings (SSSR count). The van der Waals surface area contributed by atoms with Crippen molar-refractivity contribution in [1.29, 1.82) is 0 Å². The van der Waals surface area contributed by atoms with Gasteiger partial charge in [-0.15, -0.1) is 0 Å². The molecule has 1 unspecified atom stereocenters. The van der Waals surface area contributed by atoms with Crippen molar-refractivity contribution in [2.45, 2.75) is 45.8 Å².